The van der Waals surface area contributed by atoms with Crippen LogP contribution in [0.25, 0.3) is 0 Å². The number of piperazine rings is 1. The number of carbonyl (C=O) groups is 1. The summed E-state index contributed by atoms with van der Waals surface area (Å²) < 4.78 is 25.4. The highest BCUT2D eigenvalue weighted by atomic mass is 32.2. The van der Waals surface area contributed by atoms with Gasteiger partial charge in [-0.3, -0.25) is 9.69 Å². The first-order valence-corrected chi connectivity index (χ1v) is 10.9. The second-order valence-electron chi connectivity index (χ2n) is 7.43. The lowest BCUT2D eigenvalue weighted by Gasteiger charge is -2.40. The van der Waals surface area contributed by atoms with Crippen molar-refractivity contribution in [2.75, 3.05) is 40.3 Å². The predicted octanol–water partition coefficient (Wildman–Crippen LogP) is 2.03. The van der Waals surface area contributed by atoms with Crippen molar-refractivity contribution in [3.8, 4) is 0 Å². The van der Waals surface area contributed by atoms with Crippen molar-refractivity contribution in [1.82, 2.24) is 14.1 Å². The van der Waals surface area contributed by atoms with E-state index in [1.807, 2.05) is 4.90 Å². The summed E-state index contributed by atoms with van der Waals surface area (Å²) in [6, 6.07) is 6.96. The normalized spacial score (nSPS) is 20.5. The highest BCUT2D eigenvalue weighted by molar-refractivity contribution is 7.89. The SMILES string of the molecule is CN(C)S(=O)(=O)c1ccc(C(=O)N2CCN(C3CCCCC3)CC2)cc1. The Hall–Kier alpha value is -1.44. The number of nitrogens with zero attached hydrogens (tertiary/aromatic N) is 3. The number of hydrogen-bond acceptors (Lipinski definition) is 4. The van der Waals surface area contributed by atoms with Crippen molar-refractivity contribution in [3.63, 3.8) is 0 Å². The standard InChI is InChI=1S/C19H29N3O3S/c1-20(2)26(24,25)18-10-8-16(9-11-18)19(23)22-14-12-21(13-15-22)17-6-4-3-5-7-17/h8-11,17H,3-7,12-15H2,1-2H3. The summed E-state index contributed by atoms with van der Waals surface area (Å²) in [6.45, 7) is 3.35. The van der Waals surface area contributed by atoms with Crippen LogP contribution in [0.2, 0.25) is 0 Å². The molecule has 2 aliphatic rings. The first-order chi connectivity index (χ1) is 12.4. The second kappa shape index (κ2) is 8.06. The molecule has 144 valence electrons. The number of carbonyl (C=O) groups excluding carboxylic acids is 1. The van der Waals surface area contributed by atoms with Crippen molar-refractivity contribution in [1.29, 1.82) is 0 Å². The van der Waals surface area contributed by atoms with Gasteiger partial charge in [0.15, 0.2) is 0 Å². The minimum Gasteiger partial charge on any atom is -0.336 e. The van der Waals surface area contributed by atoms with Gasteiger partial charge in [0.2, 0.25) is 10.0 Å². The molecular weight excluding hydrogens is 350 g/mol. The maximum atomic E-state index is 12.7. The Morgan fingerprint density at radius 3 is 2.08 bits per heavy atom. The monoisotopic (exact) mass is 379 g/mol. The molecule has 2 fully saturated rings. The number of benzene rings is 1. The number of amides is 1. The Morgan fingerprint density at radius 1 is 0.962 bits per heavy atom. The van der Waals surface area contributed by atoms with Crippen LogP contribution in [0.5, 0.6) is 0 Å². The van der Waals surface area contributed by atoms with Gasteiger partial charge in [0.1, 0.15) is 0 Å². The lowest BCUT2D eigenvalue weighted by Crippen LogP contribution is -2.52. The molecule has 0 N–H and O–H groups in total. The quantitative estimate of drug-likeness (QED) is 0.803. The van der Waals surface area contributed by atoms with Gasteiger partial charge in [0, 0.05) is 51.9 Å². The molecule has 3 rings (SSSR count). The van der Waals surface area contributed by atoms with Crippen LogP contribution >= 0.6 is 0 Å². The third kappa shape index (κ3) is 4.10. The van der Waals surface area contributed by atoms with Crippen LogP contribution in [-0.4, -0.2) is 74.7 Å². The van der Waals surface area contributed by atoms with E-state index < -0.39 is 10.0 Å². The fraction of sp³-hybridized carbons (Fsp3) is 0.632. The average Bonchev–Trinajstić information content (AvgIpc) is 2.68. The summed E-state index contributed by atoms with van der Waals surface area (Å²) in [5.41, 5.74) is 0.550. The molecule has 0 unspecified atom stereocenters. The molecule has 0 bridgehead atoms. The van der Waals surface area contributed by atoms with E-state index in [4.69, 9.17) is 0 Å². The van der Waals surface area contributed by atoms with E-state index >= 15 is 0 Å². The molecular formula is C19H29N3O3S. The van der Waals surface area contributed by atoms with E-state index in [1.165, 1.54) is 62.6 Å². The van der Waals surface area contributed by atoms with Gasteiger partial charge in [-0.25, -0.2) is 12.7 Å². The molecule has 1 saturated carbocycles. The van der Waals surface area contributed by atoms with E-state index in [1.54, 1.807) is 12.1 Å². The number of rotatable bonds is 4. The van der Waals surface area contributed by atoms with E-state index in [2.05, 4.69) is 4.90 Å². The first-order valence-electron chi connectivity index (χ1n) is 9.45. The smallest absolute Gasteiger partial charge is 0.253 e. The fourth-order valence-corrected chi connectivity index (χ4v) is 4.80. The second-order valence-corrected chi connectivity index (χ2v) is 9.58. The van der Waals surface area contributed by atoms with E-state index in [-0.39, 0.29) is 10.8 Å². The van der Waals surface area contributed by atoms with Gasteiger partial charge in [-0.05, 0) is 37.1 Å². The molecule has 1 aliphatic heterocycles. The largest absolute Gasteiger partial charge is 0.336 e. The minimum absolute atomic E-state index is 0.0119. The summed E-state index contributed by atoms with van der Waals surface area (Å²) in [5.74, 6) is -0.0119. The molecule has 1 aliphatic carbocycles. The van der Waals surface area contributed by atoms with E-state index in [9.17, 15) is 13.2 Å². The van der Waals surface area contributed by atoms with Crippen molar-refractivity contribution < 1.29 is 13.2 Å². The van der Waals surface area contributed by atoms with E-state index in [0.29, 0.717) is 11.6 Å². The van der Waals surface area contributed by atoms with Gasteiger partial charge < -0.3 is 4.90 Å². The Balaban J connectivity index is 1.60. The molecule has 0 aromatic heterocycles. The molecule has 1 amide bonds. The molecule has 0 radical (unpaired) electrons. The van der Waals surface area contributed by atoms with Crippen LogP contribution in [0.15, 0.2) is 29.2 Å². The molecule has 1 saturated heterocycles. The molecule has 0 spiro atoms. The summed E-state index contributed by atoms with van der Waals surface area (Å²) in [6.07, 6.45) is 6.58. The van der Waals surface area contributed by atoms with Gasteiger partial charge >= 0.3 is 0 Å². The maximum Gasteiger partial charge on any atom is 0.253 e. The minimum atomic E-state index is -3.46. The fourth-order valence-electron chi connectivity index (χ4n) is 3.90. The van der Waals surface area contributed by atoms with Crippen LogP contribution in [0.1, 0.15) is 42.5 Å². The predicted molar refractivity (Wildman–Crippen MR) is 102 cm³/mol. The van der Waals surface area contributed by atoms with Gasteiger partial charge in [-0.1, -0.05) is 19.3 Å². The van der Waals surface area contributed by atoms with Crippen LogP contribution in [0.3, 0.4) is 0 Å². The van der Waals surface area contributed by atoms with Crippen LogP contribution < -0.4 is 0 Å². The van der Waals surface area contributed by atoms with Crippen molar-refractivity contribution >= 4 is 15.9 Å². The number of sulfonamides is 1. The van der Waals surface area contributed by atoms with Crippen molar-refractivity contribution in [2.45, 2.75) is 43.0 Å². The van der Waals surface area contributed by atoms with Crippen LogP contribution in [-0.2, 0) is 10.0 Å². The summed E-state index contributed by atoms with van der Waals surface area (Å²) in [4.78, 5) is 17.4. The van der Waals surface area contributed by atoms with E-state index in [0.717, 1.165) is 26.2 Å². The van der Waals surface area contributed by atoms with Crippen molar-refractivity contribution in [2.24, 2.45) is 0 Å². The van der Waals surface area contributed by atoms with Gasteiger partial charge in [-0.15, -0.1) is 0 Å². The highest BCUT2D eigenvalue weighted by Crippen LogP contribution is 2.24. The van der Waals surface area contributed by atoms with Gasteiger partial charge in [0.05, 0.1) is 4.90 Å². The summed E-state index contributed by atoms with van der Waals surface area (Å²) in [7, 11) is -0.462. The van der Waals surface area contributed by atoms with Crippen LogP contribution in [0.4, 0.5) is 0 Å². The Bertz CT molecular complexity index is 717. The summed E-state index contributed by atoms with van der Waals surface area (Å²) in [5, 5.41) is 0. The zero-order chi connectivity index (χ0) is 18.7. The topological polar surface area (TPSA) is 60.9 Å². The lowest BCUT2D eigenvalue weighted by molar-refractivity contribution is 0.0523. The van der Waals surface area contributed by atoms with Gasteiger partial charge in [0.25, 0.3) is 5.91 Å². The van der Waals surface area contributed by atoms with Gasteiger partial charge in [-0.2, -0.15) is 0 Å². The third-order valence-electron chi connectivity index (χ3n) is 5.57. The number of hydrogen-bond donors (Lipinski definition) is 0. The highest BCUT2D eigenvalue weighted by Gasteiger charge is 2.27. The Morgan fingerprint density at radius 2 is 1.54 bits per heavy atom. The zero-order valence-electron chi connectivity index (χ0n) is 15.7. The first kappa shape index (κ1) is 19.3. The summed E-state index contributed by atoms with van der Waals surface area (Å²) >= 11 is 0. The molecule has 26 heavy (non-hydrogen) atoms. The Labute approximate surface area is 156 Å². The van der Waals surface area contributed by atoms with Crippen molar-refractivity contribution in [3.05, 3.63) is 29.8 Å². The molecule has 1 aromatic carbocycles. The lowest BCUT2D eigenvalue weighted by atomic mass is 9.94. The molecule has 6 nitrogen and oxygen atoms in total. The molecule has 1 aromatic rings. The van der Waals surface area contributed by atoms with Crippen LogP contribution in [0, 0.1) is 0 Å². The molecule has 1 heterocycles. The Kier molecular flexibility index (Phi) is 5.99. The average molecular weight is 380 g/mol. The third-order valence-corrected chi connectivity index (χ3v) is 7.40. The zero-order valence-corrected chi connectivity index (χ0v) is 16.5. The maximum absolute atomic E-state index is 12.7. The molecule has 7 heteroatoms. The molecule has 0 atom stereocenters.